The van der Waals surface area contributed by atoms with Crippen molar-refractivity contribution in [2.75, 3.05) is 14.2 Å². The predicted octanol–water partition coefficient (Wildman–Crippen LogP) is 2.81. The Morgan fingerprint density at radius 3 is 2.58 bits per heavy atom. The highest BCUT2D eigenvalue weighted by atomic mass is 19.1. The molecule has 1 atom stereocenters. The molecule has 1 aliphatic rings. The molecular formula is C14H17FO4. The molecule has 1 aromatic rings. The van der Waals surface area contributed by atoms with E-state index >= 15 is 0 Å². The fourth-order valence-electron chi connectivity index (χ4n) is 2.48. The van der Waals surface area contributed by atoms with Gasteiger partial charge in [-0.1, -0.05) is 0 Å². The molecule has 0 spiro atoms. The van der Waals surface area contributed by atoms with Crippen LogP contribution in [0.15, 0.2) is 12.1 Å². The molecule has 0 radical (unpaired) electrons. The van der Waals surface area contributed by atoms with Crippen LogP contribution in [0.2, 0.25) is 0 Å². The van der Waals surface area contributed by atoms with Crippen molar-refractivity contribution in [3.63, 3.8) is 0 Å². The van der Waals surface area contributed by atoms with Crippen molar-refractivity contribution in [2.24, 2.45) is 5.92 Å². The van der Waals surface area contributed by atoms with Gasteiger partial charge < -0.3 is 14.6 Å². The maximum Gasteiger partial charge on any atom is 0.303 e. The number of hydrogen-bond donors (Lipinski definition) is 1. The van der Waals surface area contributed by atoms with Gasteiger partial charge in [0.15, 0.2) is 11.6 Å². The van der Waals surface area contributed by atoms with E-state index in [1.165, 1.54) is 26.4 Å². The van der Waals surface area contributed by atoms with Gasteiger partial charge >= 0.3 is 5.97 Å². The van der Waals surface area contributed by atoms with Gasteiger partial charge in [0.1, 0.15) is 5.75 Å². The van der Waals surface area contributed by atoms with Gasteiger partial charge in [-0.3, -0.25) is 4.79 Å². The topological polar surface area (TPSA) is 55.8 Å². The van der Waals surface area contributed by atoms with Gasteiger partial charge in [-0.2, -0.15) is 0 Å². The van der Waals surface area contributed by atoms with Crippen LogP contribution in [0.1, 0.15) is 30.7 Å². The van der Waals surface area contributed by atoms with E-state index in [4.69, 9.17) is 14.6 Å². The molecule has 1 saturated carbocycles. The maximum absolute atomic E-state index is 13.8. The summed E-state index contributed by atoms with van der Waals surface area (Å²) in [6.07, 6.45) is 1.88. The second kappa shape index (κ2) is 5.47. The summed E-state index contributed by atoms with van der Waals surface area (Å²) < 4.78 is 24.2. The van der Waals surface area contributed by atoms with E-state index in [1.807, 2.05) is 0 Å². The van der Waals surface area contributed by atoms with E-state index in [0.717, 1.165) is 12.8 Å². The van der Waals surface area contributed by atoms with Crippen LogP contribution in [-0.2, 0) is 4.79 Å². The van der Waals surface area contributed by atoms with Crippen molar-refractivity contribution < 1.29 is 23.8 Å². The van der Waals surface area contributed by atoms with E-state index in [9.17, 15) is 9.18 Å². The van der Waals surface area contributed by atoms with E-state index in [-0.39, 0.29) is 24.0 Å². The SMILES string of the molecule is COc1ccc(F)c(OC)c1C(CC(=O)O)C1CC1. The zero-order chi connectivity index (χ0) is 14.0. The van der Waals surface area contributed by atoms with Crippen LogP contribution < -0.4 is 9.47 Å². The van der Waals surface area contributed by atoms with Crippen molar-refractivity contribution in [3.8, 4) is 11.5 Å². The third-order valence-corrected chi connectivity index (χ3v) is 3.49. The van der Waals surface area contributed by atoms with Gasteiger partial charge in [0, 0.05) is 11.5 Å². The zero-order valence-corrected chi connectivity index (χ0v) is 11.0. The summed E-state index contributed by atoms with van der Waals surface area (Å²) in [5.74, 6) is -0.813. The molecule has 0 aliphatic heterocycles. The zero-order valence-electron chi connectivity index (χ0n) is 11.0. The van der Waals surface area contributed by atoms with Crippen molar-refractivity contribution >= 4 is 5.97 Å². The summed E-state index contributed by atoms with van der Waals surface area (Å²) >= 11 is 0. The van der Waals surface area contributed by atoms with Gasteiger partial charge in [0.05, 0.1) is 20.6 Å². The van der Waals surface area contributed by atoms with Crippen molar-refractivity contribution in [1.29, 1.82) is 0 Å². The third kappa shape index (κ3) is 2.80. The summed E-state index contributed by atoms with van der Waals surface area (Å²) in [7, 11) is 2.87. The summed E-state index contributed by atoms with van der Waals surface area (Å²) in [6.45, 7) is 0. The Balaban J connectivity index is 2.49. The molecule has 1 aliphatic carbocycles. The number of halogens is 1. The number of carboxylic acids is 1. The van der Waals surface area contributed by atoms with E-state index < -0.39 is 11.8 Å². The number of carboxylic acid groups (broad SMARTS) is 1. The second-order valence-electron chi connectivity index (χ2n) is 4.74. The van der Waals surface area contributed by atoms with Crippen LogP contribution in [0.4, 0.5) is 4.39 Å². The normalized spacial score (nSPS) is 15.9. The van der Waals surface area contributed by atoms with E-state index in [1.54, 1.807) is 0 Å². The quantitative estimate of drug-likeness (QED) is 0.862. The molecule has 0 heterocycles. The van der Waals surface area contributed by atoms with Gasteiger partial charge in [-0.05, 0) is 30.9 Å². The standard InChI is InChI=1S/C14H17FO4/c1-18-11-6-5-10(15)14(19-2)13(11)9(7-12(16)17)8-3-4-8/h5-6,8-9H,3-4,7H2,1-2H3,(H,16,17). The smallest absolute Gasteiger partial charge is 0.303 e. The molecule has 5 heteroatoms. The first-order chi connectivity index (χ1) is 9.08. The first-order valence-corrected chi connectivity index (χ1v) is 6.20. The lowest BCUT2D eigenvalue weighted by Gasteiger charge is -2.21. The molecule has 1 aromatic carbocycles. The van der Waals surface area contributed by atoms with Crippen LogP contribution in [-0.4, -0.2) is 25.3 Å². The number of hydrogen-bond acceptors (Lipinski definition) is 3. The highest BCUT2D eigenvalue weighted by Crippen LogP contribution is 2.50. The number of methoxy groups -OCH3 is 2. The molecule has 1 N–H and O–H groups in total. The van der Waals surface area contributed by atoms with Crippen LogP contribution in [0.3, 0.4) is 0 Å². The summed E-state index contributed by atoms with van der Waals surface area (Å²) in [5.41, 5.74) is 0.537. The Labute approximate surface area is 111 Å². The number of rotatable bonds is 6. The van der Waals surface area contributed by atoms with Crippen LogP contribution in [0, 0.1) is 11.7 Å². The lowest BCUT2D eigenvalue weighted by molar-refractivity contribution is -0.137. The highest BCUT2D eigenvalue weighted by Gasteiger charge is 2.37. The molecule has 4 nitrogen and oxygen atoms in total. The molecule has 2 rings (SSSR count). The molecule has 104 valence electrons. The lowest BCUT2D eigenvalue weighted by atomic mass is 9.89. The molecule has 0 amide bonds. The Morgan fingerprint density at radius 1 is 1.42 bits per heavy atom. The number of ether oxygens (including phenoxy) is 2. The largest absolute Gasteiger partial charge is 0.496 e. The fraction of sp³-hybridized carbons (Fsp3) is 0.500. The number of carbonyl (C=O) groups is 1. The molecule has 1 unspecified atom stereocenters. The number of aliphatic carboxylic acids is 1. The molecular weight excluding hydrogens is 251 g/mol. The maximum atomic E-state index is 13.8. The first-order valence-electron chi connectivity index (χ1n) is 6.20. The Bertz CT molecular complexity index is 483. The van der Waals surface area contributed by atoms with Crippen molar-refractivity contribution in [2.45, 2.75) is 25.2 Å². The molecule has 0 saturated heterocycles. The number of benzene rings is 1. The Morgan fingerprint density at radius 2 is 2.11 bits per heavy atom. The van der Waals surface area contributed by atoms with Crippen LogP contribution in [0.5, 0.6) is 11.5 Å². The van der Waals surface area contributed by atoms with Gasteiger partial charge in [0.2, 0.25) is 0 Å². The fourth-order valence-corrected chi connectivity index (χ4v) is 2.48. The molecule has 1 fully saturated rings. The lowest BCUT2D eigenvalue weighted by Crippen LogP contribution is -2.12. The first kappa shape index (κ1) is 13.6. The Hall–Kier alpha value is -1.78. The van der Waals surface area contributed by atoms with Crippen molar-refractivity contribution in [3.05, 3.63) is 23.5 Å². The molecule has 0 aromatic heterocycles. The Kier molecular flexibility index (Phi) is 3.93. The second-order valence-corrected chi connectivity index (χ2v) is 4.74. The van der Waals surface area contributed by atoms with Crippen LogP contribution in [0.25, 0.3) is 0 Å². The minimum atomic E-state index is -0.898. The van der Waals surface area contributed by atoms with E-state index in [2.05, 4.69) is 0 Å². The van der Waals surface area contributed by atoms with Gasteiger partial charge in [-0.25, -0.2) is 4.39 Å². The summed E-state index contributed by atoms with van der Waals surface area (Å²) in [6, 6.07) is 2.79. The van der Waals surface area contributed by atoms with Crippen molar-refractivity contribution in [1.82, 2.24) is 0 Å². The summed E-state index contributed by atoms with van der Waals surface area (Å²) in [4.78, 5) is 11.0. The minimum absolute atomic E-state index is 0.0408. The molecule has 19 heavy (non-hydrogen) atoms. The van der Waals surface area contributed by atoms with Gasteiger partial charge in [-0.15, -0.1) is 0 Å². The minimum Gasteiger partial charge on any atom is -0.496 e. The van der Waals surface area contributed by atoms with E-state index in [0.29, 0.717) is 11.3 Å². The third-order valence-electron chi connectivity index (χ3n) is 3.49. The highest BCUT2D eigenvalue weighted by molar-refractivity contribution is 5.69. The average molecular weight is 268 g/mol. The summed E-state index contributed by atoms with van der Waals surface area (Å²) in [5, 5.41) is 9.04. The van der Waals surface area contributed by atoms with Gasteiger partial charge in [0.25, 0.3) is 0 Å². The monoisotopic (exact) mass is 268 g/mol. The predicted molar refractivity (Wildman–Crippen MR) is 67.2 cm³/mol. The molecule has 0 bridgehead atoms. The average Bonchev–Trinajstić information content (AvgIpc) is 3.19. The van der Waals surface area contributed by atoms with Crippen LogP contribution >= 0.6 is 0 Å².